The van der Waals surface area contributed by atoms with Gasteiger partial charge in [0.05, 0.1) is 11.2 Å². The molecule has 0 aliphatic rings. The summed E-state index contributed by atoms with van der Waals surface area (Å²) in [6.45, 7) is 0. The highest BCUT2D eigenvalue weighted by atomic mass is 32.2. The van der Waals surface area contributed by atoms with E-state index in [1.165, 1.54) is 12.1 Å². The molecule has 0 aliphatic heterocycles. The zero-order valence-electron chi connectivity index (χ0n) is 7.47. The van der Waals surface area contributed by atoms with Crippen LogP contribution in [0.3, 0.4) is 0 Å². The van der Waals surface area contributed by atoms with Gasteiger partial charge in [0.2, 0.25) is 0 Å². The van der Waals surface area contributed by atoms with Crippen molar-refractivity contribution in [1.29, 1.82) is 0 Å². The van der Waals surface area contributed by atoms with Crippen LogP contribution >= 0.6 is 11.8 Å². The SMILES string of the molecule is [2H]C([2H])([2H])Sc1ccc(F)cn1. The minimum absolute atomic E-state index is 0.302. The van der Waals surface area contributed by atoms with Gasteiger partial charge in [-0.15, -0.1) is 11.8 Å². The van der Waals surface area contributed by atoms with Crippen LogP contribution in [0.5, 0.6) is 0 Å². The summed E-state index contributed by atoms with van der Waals surface area (Å²) in [6.07, 6.45) is -1.13. The molecule has 0 unspecified atom stereocenters. The van der Waals surface area contributed by atoms with E-state index in [9.17, 15) is 4.39 Å². The van der Waals surface area contributed by atoms with E-state index in [1.807, 2.05) is 0 Å². The van der Waals surface area contributed by atoms with Crippen LogP contribution in [0, 0.1) is 5.82 Å². The first-order chi connectivity index (χ1) is 5.47. The molecule has 0 spiro atoms. The predicted octanol–water partition coefficient (Wildman–Crippen LogP) is 1.94. The van der Waals surface area contributed by atoms with Crippen LogP contribution in [-0.2, 0) is 0 Å². The zero-order chi connectivity index (χ0) is 9.19. The van der Waals surface area contributed by atoms with Crippen LogP contribution in [0.15, 0.2) is 23.4 Å². The molecular weight excluding hydrogens is 137 g/mol. The molecule has 1 aromatic heterocycles. The topological polar surface area (TPSA) is 12.9 Å². The fraction of sp³-hybridized carbons (Fsp3) is 0.167. The van der Waals surface area contributed by atoms with Gasteiger partial charge in [-0.1, -0.05) is 0 Å². The first-order valence-corrected chi connectivity index (χ1v) is 3.09. The van der Waals surface area contributed by atoms with E-state index in [4.69, 9.17) is 4.11 Å². The standard InChI is InChI=1S/C6H6FNS/c1-9-6-3-2-5(7)4-8-6/h2-4H,1H3/i1D3. The maximum absolute atomic E-state index is 12.3. The summed E-state index contributed by atoms with van der Waals surface area (Å²) >= 11 is 0.632. The van der Waals surface area contributed by atoms with Crippen molar-refractivity contribution in [1.82, 2.24) is 4.98 Å². The highest BCUT2D eigenvalue weighted by Gasteiger charge is 1.89. The highest BCUT2D eigenvalue weighted by molar-refractivity contribution is 7.98. The number of halogens is 1. The van der Waals surface area contributed by atoms with Gasteiger partial charge in [-0.3, -0.25) is 0 Å². The molecule has 1 aromatic rings. The van der Waals surface area contributed by atoms with Gasteiger partial charge in [0, 0.05) is 4.11 Å². The van der Waals surface area contributed by atoms with E-state index in [0.717, 1.165) is 6.20 Å². The maximum atomic E-state index is 12.3. The summed E-state index contributed by atoms with van der Waals surface area (Å²) in [4.78, 5) is 3.59. The lowest BCUT2D eigenvalue weighted by molar-refractivity contribution is 0.618. The van der Waals surface area contributed by atoms with Gasteiger partial charge >= 0.3 is 0 Å². The van der Waals surface area contributed by atoms with Crippen LogP contribution < -0.4 is 0 Å². The number of hydrogen-bond donors (Lipinski definition) is 0. The van der Waals surface area contributed by atoms with Crippen LogP contribution in [0.25, 0.3) is 0 Å². The summed E-state index contributed by atoms with van der Waals surface area (Å²) in [5, 5.41) is 0.302. The molecule has 0 radical (unpaired) electrons. The van der Waals surface area contributed by atoms with Crippen molar-refractivity contribution in [2.45, 2.75) is 5.03 Å². The van der Waals surface area contributed by atoms with Crippen molar-refractivity contribution in [3.05, 3.63) is 24.1 Å². The molecule has 0 aliphatic carbocycles. The molecule has 1 nitrogen and oxygen atoms in total. The molecule has 0 amide bonds. The molecule has 1 heterocycles. The quantitative estimate of drug-likeness (QED) is 0.561. The molecule has 0 N–H and O–H groups in total. The number of nitrogens with zero attached hydrogens (tertiary/aromatic N) is 1. The van der Waals surface area contributed by atoms with Crippen LogP contribution in [-0.4, -0.2) is 11.2 Å². The average molecular weight is 146 g/mol. The Kier molecular flexibility index (Phi) is 1.12. The van der Waals surface area contributed by atoms with Gasteiger partial charge in [-0.05, 0) is 18.3 Å². The average Bonchev–Trinajstić information content (AvgIpc) is 1.91. The second kappa shape index (κ2) is 2.82. The molecule has 0 bridgehead atoms. The maximum Gasteiger partial charge on any atom is 0.141 e. The van der Waals surface area contributed by atoms with E-state index in [2.05, 4.69) is 4.98 Å². The Balaban J connectivity index is 2.71. The van der Waals surface area contributed by atoms with E-state index in [-0.39, 0.29) is 0 Å². The van der Waals surface area contributed by atoms with Gasteiger partial charge in [0.25, 0.3) is 0 Å². The first kappa shape index (κ1) is 3.56. The first-order valence-electron chi connectivity index (χ1n) is 3.78. The van der Waals surface area contributed by atoms with Crippen molar-refractivity contribution in [3.63, 3.8) is 0 Å². The molecule has 9 heavy (non-hydrogen) atoms. The van der Waals surface area contributed by atoms with Gasteiger partial charge < -0.3 is 0 Å². The number of aromatic nitrogens is 1. The third kappa shape index (κ3) is 1.68. The van der Waals surface area contributed by atoms with E-state index in [1.54, 1.807) is 0 Å². The lowest BCUT2D eigenvalue weighted by atomic mass is 10.5. The van der Waals surface area contributed by atoms with Crippen LogP contribution in [0.1, 0.15) is 4.11 Å². The predicted molar refractivity (Wildman–Crippen MR) is 36.0 cm³/mol. The Morgan fingerprint density at radius 1 is 1.78 bits per heavy atom. The van der Waals surface area contributed by atoms with Crippen LogP contribution in [0.4, 0.5) is 4.39 Å². The van der Waals surface area contributed by atoms with Gasteiger partial charge in [-0.25, -0.2) is 9.37 Å². The summed E-state index contributed by atoms with van der Waals surface area (Å²) in [5.74, 6) is -0.468. The largest absolute Gasteiger partial charge is 0.247 e. The van der Waals surface area contributed by atoms with Crippen molar-refractivity contribution < 1.29 is 8.50 Å². The third-order valence-electron chi connectivity index (χ3n) is 0.805. The van der Waals surface area contributed by atoms with Gasteiger partial charge in [-0.2, -0.15) is 0 Å². The number of hydrogen-bond acceptors (Lipinski definition) is 2. The molecular formula is C6H6FNS. The minimum atomic E-state index is -2.12. The Hall–Kier alpha value is -0.570. The molecule has 3 heteroatoms. The zero-order valence-corrected chi connectivity index (χ0v) is 5.28. The van der Waals surface area contributed by atoms with Crippen molar-refractivity contribution >= 4 is 11.8 Å². The Labute approximate surface area is 61.5 Å². The third-order valence-corrected chi connectivity index (χ3v) is 1.26. The van der Waals surface area contributed by atoms with Crippen LogP contribution in [0.2, 0.25) is 0 Å². The highest BCUT2D eigenvalue weighted by Crippen LogP contribution is 2.09. The molecule has 48 valence electrons. The minimum Gasteiger partial charge on any atom is -0.247 e. The summed E-state index contributed by atoms with van der Waals surface area (Å²) in [5.41, 5.74) is 0. The number of rotatable bonds is 1. The normalized spacial score (nSPS) is 15.9. The fourth-order valence-electron chi connectivity index (χ4n) is 0.423. The second-order valence-corrected chi connectivity index (χ2v) is 2.04. The van der Waals surface area contributed by atoms with E-state index < -0.39 is 12.0 Å². The van der Waals surface area contributed by atoms with Crippen molar-refractivity contribution in [3.8, 4) is 0 Å². The Bertz CT molecular complexity index is 258. The monoisotopic (exact) mass is 146 g/mol. The molecule has 1 rings (SSSR count). The van der Waals surface area contributed by atoms with Gasteiger partial charge in [0.1, 0.15) is 5.82 Å². The summed E-state index contributed by atoms with van der Waals surface area (Å²) < 4.78 is 33.0. The summed E-state index contributed by atoms with van der Waals surface area (Å²) in [7, 11) is 0. The molecule has 0 aromatic carbocycles. The van der Waals surface area contributed by atoms with Crippen molar-refractivity contribution in [2.75, 3.05) is 6.18 Å². The Morgan fingerprint density at radius 2 is 2.67 bits per heavy atom. The fourth-order valence-corrected chi connectivity index (χ4v) is 0.664. The number of thioether (sulfide) groups is 1. The molecule has 0 saturated heterocycles. The molecule has 0 fully saturated rings. The van der Waals surface area contributed by atoms with E-state index in [0.29, 0.717) is 16.8 Å². The molecule has 0 atom stereocenters. The van der Waals surface area contributed by atoms with Gasteiger partial charge in [0.15, 0.2) is 0 Å². The van der Waals surface area contributed by atoms with Crippen molar-refractivity contribution in [2.24, 2.45) is 0 Å². The van der Waals surface area contributed by atoms with E-state index >= 15 is 0 Å². The number of pyridine rings is 1. The second-order valence-electron chi connectivity index (χ2n) is 1.42. The molecule has 0 saturated carbocycles. The summed E-state index contributed by atoms with van der Waals surface area (Å²) in [6, 6.07) is 2.52. The Morgan fingerprint density at radius 3 is 3.22 bits per heavy atom. The smallest absolute Gasteiger partial charge is 0.141 e. The lowest BCUT2D eigenvalue weighted by Crippen LogP contribution is -1.78. The lowest BCUT2D eigenvalue weighted by Gasteiger charge is -1.90.